The molecule has 0 spiro atoms. The Balaban J connectivity index is 1.01. The third-order valence-electron chi connectivity index (χ3n) is 10.0. The molecule has 7 aromatic rings. The Morgan fingerprint density at radius 1 is 0.621 bits per heavy atom. The molecule has 1 aliphatic carbocycles. The number of aromatic nitrogens is 2. The Morgan fingerprint density at radius 3 is 1.84 bits per heavy atom. The first-order chi connectivity index (χ1) is 28.6. The van der Waals surface area contributed by atoms with Gasteiger partial charge in [0.1, 0.15) is 0 Å². The third kappa shape index (κ3) is 9.07. The van der Waals surface area contributed by atoms with Crippen LogP contribution in [0.1, 0.15) is 45.7 Å². The molecule has 0 aliphatic heterocycles. The molecular weight excluding hydrogens is 707 g/mol. The summed E-state index contributed by atoms with van der Waals surface area (Å²) >= 11 is 0. The van der Waals surface area contributed by atoms with Crippen molar-refractivity contribution in [2.75, 3.05) is 0 Å². The Morgan fingerprint density at radius 2 is 1.24 bits per heavy atom. The van der Waals surface area contributed by atoms with E-state index < -0.39 is 0 Å². The molecule has 0 amide bonds. The summed E-state index contributed by atoms with van der Waals surface area (Å²) in [5.41, 5.74) is 11.9. The van der Waals surface area contributed by atoms with Crippen molar-refractivity contribution >= 4 is 36.1 Å². The monoisotopic (exact) mass is 747 g/mol. The van der Waals surface area contributed by atoms with Crippen LogP contribution in [-0.4, -0.2) is 27.9 Å². The lowest BCUT2D eigenvalue weighted by atomic mass is 9.88. The first kappa shape index (κ1) is 37.3. The predicted octanol–water partition coefficient (Wildman–Crippen LogP) is 12.8. The minimum absolute atomic E-state index is 0.172. The molecule has 1 unspecified atom stereocenters. The summed E-state index contributed by atoms with van der Waals surface area (Å²) in [6, 6.07) is 57.0. The highest BCUT2D eigenvalue weighted by atomic mass is 15.0. The van der Waals surface area contributed by atoms with E-state index in [0.29, 0.717) is 11.7 Å². The van der Waals surface area contributed by atoms with Crippen LogP contribution in [0.4, 0.5) is 0 Å². The Kier molecular flexibility index (Phi) is 11.5. The zero-order valence-corrected chi connectivity index (χ0v) is 32.0. The molecule has 8 rings (SSSR count). The van der Waals surface area contributed by atoms with Crippen LogP contribution < -0.4 is 0 Å². The van der Waals surface area contributed by atoms with Crippen molar-refractivity contribution < 1.29 is 0 Å². The second-order valence-corrected chi connectivity index (χ2v) is 13.9. The summed E-state index contributed by atoms with van der Waals surface area (Å²) in [5.74, 6) is 1.54. The molecule has 1 aliphatic rings. The van der Waals surface area contributed by atoms with Crippen LogP contribution in [0.15, 0.2) is 210 Å². The van der Waals surface area contributed by atoms with Gasteiger partial charge in [-0.3, -0.25) is 5.41 Å². The topological polar surface area (TPSA) is 74.3 Å². The number of nitrogens with one attached hydrogen (secondary N) is 1. The molecule has 0 bridgehead atoms. The maximum Gasteiger partial charge on any atom is 0.161 e. The first-order valence-corrected chi connectivity index (χ1v) is 19.3. The number of rotatable bonds is 10. The molecule has 0 saturated heterocycles. The Hall–Kier alpha value is -7.63. The average molecular weight is 748 g/mol. The number of benzene rings is 6. The third-order valence-corrected chi connectivity index (χ3v) is 10.0. The highest BCUT2D eigenvalue weighted by Crippen LogP contribution is 2.31. The van der Waals surface area contributed by atoms with Crippen LogP contribution in [0, 0.1) is 5.41 Å². The van der Waals surface area contributed by atoms with E-state index in [1.165, 1.54) is 5.56 Å². The summed E-state index contributed by atoms with van der Waals surface area (Å²) in [7, 11) is 0. The minimum atomic E-state index is 0.172. The van der Waals surface area contributed by atoms with E-state index in [0.717, 1.165) is 67.9 Å². The molecule has 5 nitrogen and oxygen atoms in total. The van der Waals surface area contributed by atoms with Gasteiger partial charge in [0.15, 0.2) is 17.5 Å². The van der Waals surface area contributed by atoms with Gasteiger partial charge in [0.25, 0.3) is 0 Å². The SMILES string of the molecule is C=Cc1ccc(C2C=CC(C(N=Cc3ccccc3)=NC(=N)c3ccccc3)=CC2)cc1/C=C/c1ccc(-c2nc(-c3ccccc3)cc(-c3ccccc3)n2)cc1. The van der Waals surface area contributed by atoms with Crippen molar-refractivity contribution in [3.8, 4) is 33.9 Å². The molecule has 278 valence electrons. The van der Waals surface area contributed by atoms with E-state index in [2.05, 4.69) is 115 Å². The zero-order valence-electron chi connectivity index (χ0n) is 32.0. The highest BCUT2D eigenvalue weighted by molar-refractivity contribution is 6.14. The number of hydrogen-bond acceptors (Lipinski definition) is 3. The van der Waals surface area contributed by atoms with Crippen LogP contribution in [0.5, 0.6) is 0 Å². The molecule has 1 aromatic heterocycles. The molecular formula is C53H41N5. The fraction of sp³-hybridized carbons (Fsp3) is 0.0377. The predicted molar refractivity (Wildman–Crippen MR) is 243 cm³/mol. The second kappa shape index (κ2) is 17.9. The van der Waals surface area contributed by atoms with Crippen molar-refractivity contribution in [2.45, 2.75) is 12.3 Å². The Bertz CT molecular complexity index is 2630. The molecule has 1 heterocycles. The molecule has 1 atom stereocenters. The van der Waals surface area contributed by atoms with Crippen molar-refractivity contribution in [3.05, 3.63) is 234 Å². The van der Waals surface area contributed by atoms with Gasteiger partial charge in [-0.25, -0.2) is 20.0 Å². The lowest BCUT2D eigenvalue weighted by molar-refractivity contribution is 0.849. The average Bonchev–Trinajstić information content (AvgIpc) is 3.30. The van der Waals surface area contributed by atoms with Gasteiger partial charge in [0.2, 0.25) is 0 Å². The fourth-order valence-electron chi connectivity index (χ4n) is 6.82. The highest BCUT2D eigenvalue weighted by Gasteiger charge is 2.16. The summed E-state index contributed by atoms with van der Waals surface area (Å²) in [5, 5.41) is 8.69. The Labute approximate surface area is 340 Å². The largest absolute Gasteiger partial charge is 0.282 e. The number of nitrogens with zero attached hydrogens (tertiary/aromatic N) is 4. The van der Waals surface area contributed by atoms with E-state index in [1.54, 1.807) is 6.21 Å². The number of amidine groups is 2. The van der Waals surface area contributed by atoms with Crippen molar-refractivity contribution in [3.63, 3.8) is 0 Å². The summed E-state index contributed by atoms with van der Waals surface area (Å²) < 4.78 is 0. The molecule has 6 aromatic carbocycles. The van der Waals surface area contributed by atoms with E-state index >= 15 is 0 Å². The van der Waals surface area contributed by atoms with E-state index in [1.807, 2.05) is 103 Å². The zero-order chi connectivity index (χ0) is 39.5. The van der Waals surface area contributed by atoms with Crippen molar-refractivity contribution in [1.82, 2.24) is 9.97 Å². The number of allylic oxidation sites excluding steroid dienone is 2. The standard InChI is InChI=1S/C53H41N5/c1-2-40-29-34-48(41-30-32-45(33-31-41)52(55-37-39-15-7-3-8-16-39)58-51(54)44-21-13-6-14-22-44)35-47(40)28-25-38-23-26-46(27-24-38)53-56-49(42-17-9-4-10-18-42)36-50(57-53)43-19-11-5-12-20-43/h2-30,32-37,41,54H,1,31H2/b28-25+,54-51?,55-37?,58-52?. The van der Waals surface area contributed by atoms with Gasteiger partial charge in [0, 0.05) is 40.0 Å². The second-order valence-electron chi connectivity index (χ2n) is 13.9. The molecule has 5 heteroatoms. The quantitative estimate of drug-likeness (QED) is 0.0859. The lowest BCUT2D eigenvalue weighted by Crippen LogP contribution is -2.08. The lowest BCUT2D eigenvalue weighted by Gasteiger charge is -2.18. The normalized spacial score (nSPS) is 14.1. The van der Waals surface area contributed by atoms with Crippen LogP contribution in [0.25, 0.3) is 52.1 Å². The van der Waals surface area contributed by atoms with Crippen LogP contribution in [0.2, 0.25) is 0 Å². The fourth-order valence-corrected chi connectivity index (χ4v) is 6.82. The van der Waals surface area contributed by atoms with Gasteiger partial charge in [0.05, 0.1) is 11.4 Å². The molecule has 0 saturated carbocycles. The summed E-state index contributed by atoms with van der Waals surface area (Å²) in [4.78, 5) is 19.4. The van der Waals surface area contributed by atoms with E-state index in [-0.39, 0.29) is 11.8 Å². The maximum absolute atomic E-state index is 8.69. The van der Waals surface area contributed by atoms with Crippen molar-refractivity contribution in [2.24, 2.45) is 9.98 Å². The molecule has 0 fully saturated rings. The van der Waals surface area contributed by atoms with Gasteiger partial charge in [-0.2, -0.15) is 0 Å². The minimum Gasteiger partial charge on any atom is -0.282 e. The number of aliphatic imine (C=N–C) groups is 2. The smallest absolute Gasteiger partial charge is 0.161 e. The van der Waals surface area contributed by atoms with E-state index in [4.69, 9.17) is 20.4 Å². The summed E-state index contributed by atoms with van der Waals surface area (Å²) in [6.07, 6.45) is 15.2. The van der Waals surface area contributed by atoms with E-state index in [9.17, 15) is 0 Å². The van der Waals surface area contributed by atoms with Gasteiger partial charge in [-0.05, 0) is 40.3 Å². The van der Waals surface area contributed by atoms with Crippen LogP contribution in [-0.2, 0) is 0 Å². The molecule has 1 N–H and O–H groups in total. The van der Waals surface area contributed by atoms with Crippen LogP contribution in [0.3, 0.4) is 0 Å². The van der Waals surface area contributed by atoms with Gasteiger partial charge < -0.3 is 0 Å². The molecule has 0 radical (unpaired) electrons. The van der Waals surface area contributed by atoms with Gasteiger partial charge >= 0.3 is 0 Å². The summed E-state index contributed by atoms with van der Waals surface area (Å²) in [6.45, 7) is 4.09. The van der Waals surface area contributed by atoms with Crippen LogP contribution >= 0.6 is 0 Å². The van der Waals surface area contributed by atoms with Gasteiger partial charge in [-0.15, -0.1) is 0 Å². The molecule has 58 heavy (non-hydrogen) atoms. The number of hydrogen-bond donors (Lipinski definition) is 1. The van der Waals surface area contributed by atoms with Crippen molar-refractivity contribution in [1.29, 1.82) is 5.41 Å². The first-order valence-electron chi connectivity index (χ1n) is 19.3. The van der Waals surface area contributed by atoms with Gasteiger partial charge in [-0.1, -0.05) is 207 Å². The maximum atomic E-state index is 8.69.